The first-order chi connectivity index (χ1) is 9.41. The minimum Gasteiger partial charge on any atom is -0.545 e. The van der Waals surface area contributed by atoms with Crippen LogP contribution in [0.25, 0.3) is 11.4 Å². The SMILES string of the molecule is O=C([O-])c1ccc(-c2ncc(C(=O)[O-])c(Cl)c2Cl)nc1.[Pt+2]. The Labute approximate surface area is 143 Å². The molecule has 0 aliphatic heterocycles. The molecule has 0 spiro atoms. The van der Waals surface area contributed by atoms with Gasteiger partial charge in [-0.2, -0.15) is 0 Å². The van der Waals surface area contributed by atoms with Crippen molar-refractivity contribution >= 4 is 35.1 Å². The van der Waals surface area contributed by atoms with Crippen molar-refractivity contribution in [1.82, 2.24) is 9.97 Å². The van der Waals surface area contributed by atoms with Crippen molar-refractivity contribution in [3.05, 3.63) is 45.7 Å². The third-order valence-electron chi connectivity index (χ3n) is 2.42. The van der Waals surface area contributed by atoms with Crippen LogP contribution < -0.4 is 10.2 Å². The summed E-state index contributed by atoms with van der Waals surface area (Å²) in [7, 11) is 0. The number of pyridine rings is 2. The Morgan fingerprint density at radius 3 is 2.10 bits per heavy atom. The summed E-state index contributed by atoms with van der Waals surface area (Å²) in [5, 5.41) is 21.0. The quantitative estimate of drug-likeness (QED) is 0.589. The number of aromatic nitrogens is 2. The molecule has 0 aromatic carbocycles. The van der Waals surface area contributed by atoms with Gasteiger partial charge in [0.1, 0.15) is 5.69 Å². The molecule has 2 heterocycles. The molecule has 110 valence electrons. The minimum absolute atomic E-state index is 0. The zero-order valence-corrected chi connectivity index (χ0v) is 13.7. The molecule has 6 nitrogen and oxygen atoms in total. The van der Waals surface area contributed by atoms with Gasteiger partial charge in [-0.3, -0.25) is 9.97 Å². The van der Waals surface area contributed by atoms with Crippen molar-refractivity contribution in [3.8, 4) is 11.4 Å². The Morgan fingerprint density at radius 1 is 0.952 bits per heavy atom. The Kier molecular flexibility index (Phi) is 5.84. The van der Waals surface area contributed by atoms with E-state index in [1.807, 2.05) is 0 Å². The number of nitrogens with zero attached hydrogens (tertiary/aromatic N) is 2. The fourth-order valence-electron chi connectivity index (χ4n) is 1.44. The summed E-state index contributed by atoms with van der Waals surface area (Å²) in [5.41, 5.74) is -0.0764. The standard InChI is InChI=1S/C12H6Cl2N2O4.Pt/c13-8-6(12(19)20)4-16-10(9(8)14)7-2-1-5(3-15-7)11(17)18;/h1-4H,(H,17,18)(H,19,20);/q;+2/p-2. The van der Waals surface area contributed by atoms with Crippen molar-refractivity contribution < 1.29 is 40.9 Å². The second-order valence-electron chi connectivity index (χ2n) is 3.66. The maximum Gasteiger partial charge on any atom is 2.00 e. The van der Waals surface area contributed by atoms with Crippen molar-refractivity contribution in [2.24, 2.45) is 0 Å². The van der Waals surface area contributed by atoms with E-state index in [0.717, 1.165) is 12.4 Å². The van der Waals surface area contributed by atoms with E-state index in [4.69, 9.17) is 23.2 Å². The molecule has 0 fully saturated rings. The van der Waals surface area contributed by atoms with Crippen molar-refractivity contribution in [2.75, 3.05) is 0 Å². The molecule has 2 aromatic heterocycles. The first-order valence-corrected chi connectivity index (χ1v) is 5.90. The molecule has 0 N–H and O–H groups in total. The molecule has 0 amide bonds. The molecule has 0 aliphatic carbocycles. The Hall–Kier alpha value is -1.49. The van der Waals surface area contributed by atoms with Crippen LogP contribution in [0.1, 0.15) is 20.7 Å². The third kappa shape index (κ3) is 3.59. The van der Waals surface area contributed by atoms with Crippen LogP contribution >= 0.6 is 23.2 Å². The second-order valence-corrected chi connectivity index (χ2v) is 4.41. The van der Waals surface area contributed by atoms with E-state index in [-0.39, 0.29) is 53.6 Å². The fraction of sp³-hybridized carbons (Fsp3) is 0. The predicted molar refractivity (Wildman–Crippen MR) is 66.1 cm³/mol. The molecule has 2 aromatic rings. The van der Waals surface area contributed by atoms with Crippen LogP contribution in [-0.2, 0) is 21.1 Å². The van der Waals surface area contributed by atoms with E-state index >= 15 is 0 Å². The number of carbonyl (C=O) groups excluding carboxylic acids is 2. The van der Waals surface area contributed by atoms with Crippen LogP contribution in [-0.4, -0.2) is 21.9 Å². The zero-order valence-electron chi connectivity index (χ0n) is 9.91. The zero-order chi connectivity index (χ0) is 14.9. The average molecular weight is 506 g/mol. The van der Waals surface area contributed by atoms with Crippen molar-refractivity contribution in [3.63, 3.8) is 0 Å². The van der Waals surface area contributed by atoms with Gasteiger partial charge < -0.3 is 19.8 Å². The van der Waals surface area contributed by atoms with Crippen LogP contribution in [0, 0.1) is 0 Å². The van der Waals surface area contributed by atoms with Gasteiger partial charge in [0.05, 0.1) is 27.7 Å². The van der Waals surface area contributed by atoms with E-state index in [0.29, 0.717) is 0 Å². The first-order valence-electron chi connectivity index (χ1n) is 5.15. The average Bonchev–Trinajstić information content (AvgIpc) is 2.41. The van der Waals surface area contributed by atoms with Crippen molar-refractivity contribution in [1.29, 1.82) is 0 Å². The maximum absolute atomic E-state index is 10.8. The van der Waals surface area contributed by atoms with E-state index in [9.17, 15) is 19.8 Å². The summed E-state index contributed by atoms with van der Waals surface area (Å²) in [6.45, 7) is 0. The van der Waals surface area contributed by atoms with E-state index in [1.165, 1.54) is 12.1 Å². The third-order valence-corrected chi connectivity index (χ3v) is 3.28. The fourth-order valence-corrected chi connectivity index (χ4v) is 1.90. The molecular weight excluding hydrogens is 502 g/mol. The summed E-state index contributed by atoms with van der Waals surface area (Å²) in [6.07, 6.45) is 2.07. The summed E-state index contributed by atoms with van der Waals surface area (Å²) < 4.78 is 0. The monoisotopic (exact) mass is 505 g/mol. The number of hydrogen-bond donors (Lipinski definition) is 0. The van der Waals surface area contributed by atoms with Gasteiger partial charge in [0.15, 0.2) is 0 Å². The van der Waals surface area contributed by atoms with Crippen LogP contribution in [0.4, 0.5) is 0 Å². The van der Waals surface area contributed by atoms with Gasteiger partial charge in [0, 0.05) is 23.5 Å². The number of hydrogen-bond acceptors (Lipinski definition) is 6. The van der Waals surface area contributed by atoms with Crippen LogP contribution in [0.15, 0.2) is 24.5 Å². The molecule has 0 aliphatic rings. The molecule has 0 bridgehead atoms. The molecule has 0 radical (unpaired) electrons. The normalized spacial score (nSPS) is 9.81. The molecule has 0 saturated carbocycles. The van der Waals surface area contributed by atoms with E-state index in [1.54, 1.807) is 0 Å². The molecule has 0 unspecified atom stereocenters. The number of carbonyl (C=O) groups is 2. The molecular formula is C12H4Cl2N2O4Pt. The number of rotatable bonds is 3. The molecule has 0 saturated heterocycles. The predicted octanol–water partition coefficient (Wildman–Crippen LogP) is 0.175. The molecule has 21 heavy (non-hydrogen) atoms. The van der Waals surface area contributed by atoms with E-state index in [2.05, 4.69) is 9.97 Å². The van der Waals surface area contributed by atoms with Gasteiger partial charge in [-0.25, -0.2) is 0 Å². The first kappa shape index (κ1) is 17.6. The van der Waals surface area contributed by atoms with Gasteiger partial charge >= 0.3 is 21.1 Å². The number of halogens is 2. The molecule has 9 heteroatoms. The number of carboxylic acids is 2. The summed E-state index contributed by atoms with van der Waals surface area (Å²) in [4.78, 5) is 29.1. The topological polar surface area (TPSA) is 106 Å². The van der Waals surface area contributed by atoms with E-state index < -0.39 is 11.9 Å². The Balaban J connectivity index is 0.00000220. The van der Waals surface area contributed by atoms with Gasteiger partial charge in [0.25, 0.3) is 0 Å². The summed E-state index contributed by atoms with van der Waals surface area (Å²) in [6, 6.07) is 2.62. The summed E-state index contributed by atoms with van der Waals surface area (Å²) >= 11 is 11.7. The van der Waals surface area contributed by atoms with Gasteiger partial charge in [0.2, 0.25) is 0 Å². The minimum atomic E-state index is -1.50. The van der Waals surface area contributed by atoms with Gasteiger partial charge in [-0.1, -0.05) is 23.2 Å². The maximum atomic E-state index is 10.8. The van der Waals surface area contributed by atoms with Crippen molar-refractivity contribution in [2.45, 2.75) is 0 Å². The summed E-state index contributed by atoms with van der Waals surface area (Å²) in [5.74, 6) is -2.87. The van der Waals surface area contributed by atoms with Gasteiger partial charge in [-0.15, -0.1) is 0 Å². The Bertz CT molecular complexity index is 707. The largest absolute Gasteiger partial charge is 2.00 e. The Morgan fingerprint density at radius 2 is 1.62 bits per heavy atom. The van der Waals surface area contributed by atoms with Crippen LogP contribution in [0.2, 0.25) is 10.0 Å². The number of aromatic carboxylic acids is 2. The van der Waals surface area contributed by atoms with Crippen LogP contribution in [0.5, 0.6) is 0 Å². The van der Waals surface area contributed by atoms with Gasteiger partial charge in [-0.05, 0) is 12.1 Å². The second kappa shape index (κ2) is 6.98. The smallest absolute Gasteiger partial charge is 0.545 e. The van der Waals surface area contributed by atoms with Crippen LogP contribution in [0.3, 0.4) is 0 Å². The number of carboxylic acid groups (broad SMARTS) is 2. The molecule has 2 rings (SSSR count). The molecule has 0 atom stereocenters.